The number of hydrogen-bond donors (Lipinski definition) is 1. The third-order valence-corrected chi connectivity index (χ3v) is 9.27. The lowest BCUT2D eigenvalue weighted by atomic mass is 10.1. The third-order valence-electron chi connectivity index (χ3n) is 7.28. The number of rotatable bonds is 9. The molecule has 0 aliphatic carbocycles. The number of pyridine rings is 1. The van der Waals surface area contributed by atoms with Crippen molar-refractivity contribution in [3.05, 3.63) is 70.1 Å². The Morgan fingerprint density at radius 3 is 2.41 bits per heavy atom. The van der Waals surface area contributed by atoms with Crippen LogP contribution in [0.1, 0.15) is 6.92 Å². The summed E-state index contributed by atoms with van der Waals surface area (Å²) in [7, 11) is 0.0158. The molecule has 5 rings (SSSR count). The number of ether oxygens (including phenoxy) is 1. The van der Waals surface area contributed by atoms with Gasteiger partial charge in [0.05, 0.1) is 17.3 Å². The number of aromatic nitrogens is 3. The Morgan fingerprint density at radius 1 is 1.02 bits per heavy atom. The van der Waals surface area contributed by atoms with E-state index in [4.69, 9.17) is 16.3 Å². The maximum absolute atomic E-state index is 13.5. The molecule has 1 saturated heterocycles. The topological polar surface area (TPSA) is 110 Å². The Labute approximate surface area is 244 Å². The first kappa shape index (κ1) is 29.0. The van der Waals surface area contributed by atoms with Gasteiger partial charge in [-0.2, -0.15) is 4.98 Å². The zero-order valence-corrected chi connectivity index (χ0v) is 24.9. The number of piperazine rings is 1. The highest BCUT2D eigenvalue weighted by Crippen LogP contribution is 2.30. The number of anilines is 3. The fourth-order valence-electron chi connectivity index (χ4n) is 4.87. The molecular weight excluding hydrogens is 564 g/mol. The zero-order chi connectivity index (χ0) is 29.1. The molecule has 1 aliphatic heterocycles. The van der Waals surface area contributed by atoms with Gasteiger partial charge < -0.3 is 19.9 Å². The minimum atomic E-state index is -3.57. The molecule has 0 unspecified atom stereocenters. The maximum Gasteiger partial charge on any atom is 0.260 e. The fraction of sp³-hybridized carbons (Fsp3) is 0.345. The number of nitrogens with zero attached hydrogens (tertiary/aromatic N) is 5. The summed E-state index contributed by atoms with van der Waals surface area (Å²) < 4.78 is 31.6. The minimum absolute atomic E-state index is 0.0757. The van der Waals surface area contributed by atoms with Crippen molar-refractivity contribution in [3.63, 3.8) is 0 Å². The number of likely N-dealkylation sites (N-methyl/N-ethyl adjacent to an activating group) is 1. The average molecular weight is 597 g/mol. The highest BCUT2D eigenvalue weighted by Gasteiger charge is 2.19. The molecule has 2 aromatic carbocycles. The number of nitrogens with one attached hydrogen (secondary N) is 1. The largest absolute Gasteiger partial charge is 0.384 e. The molecule has 12 heteroatoms. The molecule has 0 amide bonds. The summed E-state index contributed by atoms with van der Waals surface area (Å²) >= 11 is 6.52. The molecule has 1 N–H and O–H groups in total. The Balaban J connectivity index is 1.42. The number of methoxy groups -OCH3 is 1. The van der Waals surface area contributed by atoms with E-state index in [-0.39, 0.29) is 27.8 Å². The predicted molar refractivity (Wildman–Crippen MR) is 163 cm³/mol. The smallest absolute Gasteiger partial charge is 0.260 e. The fourth-order valence-corrected chi connectivity index (χ4v) is 6.42. The minimum Gasteiger partial charge on any atom is -0.384 e. The maximum atomic E-state index is 13.5. The molecule has 1 fully saturated rings. The van der Waals surface area contributed by atoms with Crippen LogP contribution in [-0.2, 0) is 21.1 Å². The summed E-state index contributed by atoms with van der Waals surface area (Å²) in [5.74, 6) is 0.217. The quantitative estimate of drug-likeness (QED) is 0.306. The molecule has 216 valence electrons. The van der Waals surface area contributed by atoms with E-state index in [1.54, 1.807) is 22.9 Å². The van der Waals surface area contributed by atoms with Crippen LogP contribution in [0, 0.1) is 0 Å². The first-order valence-corrected chi connectivity index (χ1v) is 15.5. The van der Waals surface area contributed by atoms with E-state index in [1.807, 2.05) is 19.1 Å². The Bertz CT molecular complexity index is 1720. The van der Waals surface area contributed by atoms with E-state index in [1.165, 1.54) is 24.9 Å². The normalized spacial score (nSPS) is 14.5. The number of aryl methyl sites for hydroxylation is 1. The van der Waals surface area contributed by atoms with Crippen molar-refractivity contribution in [2.75, 3.05) is 62.9 Å². The molecule has 10 nitrogen and oxygen atoms in total. The summed E-state index contributed by atoms with van der Waals surface area (Å²) in [5, 5.41) is 4.07. The van der Waals surface area contributed by atoms with Crippen LogP contribution in [0.3, 0.4) is 0 Å². The molecule has 1 aliphatic rings. The highest BCUT2D eigenvalue weighted by atomic mass is 35.5. The standard InChI is InChI=1S/C29H33ClN6O4S/c1-4-36-27-20(17-25(28(36)37)24-10-9-23(18-26(24)30)41(38,39)16-15-40-3)19-31-29(33-27)32-21-5-7-22(8-6-21)35-13-11-34(2)12-14-35/h5-10,17-19H,4,11-16H2,1-3H3,(H,31,32,33). The van der Waals surface area contributed by atoms with Crippen molar-refractivity contribution in [1.82, 2.24) is 19.4 Å². The second kappa shape index (κ2) is 12.2. The summed E-state index contributed by atoms with van der Waals surface area (Å²) in [6.07, 6.45) is 1.66. The van der Waals surface area contributed by atoms with Gasteiger partial charge in [0.2, 0.25) is 5.95 Å². The summed E-state index contributed by atoms with van der Waals surface area (Å²) in [6.45, 7) is 6.39. The first-order valence-electron chi connectivity index (χ1n) is 13.4. The Hall–Kier alpha value is -3.51. The highest BCUT2D eigenvalue weighted by molar-refractivity contribution is 7.91. The van der Waals surface area contributed by atoms with Gasteiger partial charge in [-0.1, -0.05) is 17.7 Å². The van der Waals surface area contributed by atoms with Crippen LogP contribution in [0.4, 0.5) is 17.3 Å². The van der Waals surface area contributed by atoms with Crippen molar-refractivity contribution in [1.29, 1.82) is 0 Å². The van der Waals surface area contributed by atoms with Gasteiger partial charge in [-0.25, -0.2) is 13.4 Å². The van der Waals surface area contributed by atoms with Crippen LogP contribution in [0.5, 0.6) is 0 Å². The van der Waals surface area contributed by atoms with Gasteiger partial charge in [-0.05, 0) is 56.4 Å². The van der Waals surface area contributed by atoms with Gasteiger partial charge in [0.15, 0.2) is 9.84 Å². The molecule has 41 heavy (non-hydrogen) atoms. The van der Waals surface area contributed by atoms with Crippen molar-refractivity contribution in [3.8, 4) is 11.1 Å². The van der Waals surface area contributed by atoms with Gasteiger partial charge in [-0.15, -0.1) is 0 Å². The lowest BCUT2D eigenvalue weighted by Gasteiger charge is -2.34. The molecular formula is C29H33ClN6O4S. The van der Waals surface area contributed by atoms with Gasteiger partial charge in [-0.3, -0.25) is 9.36 Å². The molecule has 0 spiro atoms. The van der Waals surface area contributed by atoms with E-state index in [0.29, 0.717) is 34.7 Å². The second-order valence-electron chi connectivity index (χ2n) is 10.00. The third kappa shape index (κ3) is 6.23. The van der Waals surface area contributed by atoms with Crippen molar-refractivity contribution < 1.29 is 13.2 Å². The number of hydrogen-bond acceptors (Lipinski definition) is 9. The van der Waals surface area contributed by atoms with E-state index in [2.05, 4.69) is 44.3 Å². The Kier molecular flexibility index (Phi) is 8.60. The van der Waals surface area contributed by atoms with Crippen LogP contribution >= 0.6 is 11.6 Å². The van der Waals surface area contributed by atoms with Gasteiger partial charge in [0.25, 0.3) is 5.56 Å². The van der Waals surface area contributed by atoms with E-state index < -0.39 is 9.84 Å². The number of halogens is 1. The molecule has 4 aromatic rings. The zero-order valence-electron chi connectivity index (χ0n) is 23.3. The molecule has 2 aromatic heterocycles. The number of fused-ring (bicyclic) bond motifs is 1. The lowest BCUT2D eigenvalue weighted by molar-refractivity contribution is 0.217. The predicted octanol–water partition coefficient (Wildman–Crippen LogP) is 4.05. The molecule has 0 radical (unpaired) electrons. The lowest BCUT2D eigenvalue weighted by Crippen LogP contribution is -2.44. The van der Waals surface area contributed by atoms with Crippen LogP contribution < -0.4 is 15.8 Å². The van der Waals surface area contributed by atoms with Crippen molar-refractivity contribution in [2.45, 2.75) is 18.4 Å². The van der Waals surface area contributed by atoms with Crippen LogP contribution in [0.15, 0.2) is 64.4 Å². The second-order valence-corrected chi connectivity index (χ2v) is 12.5. The molecule has 0 bridgehead atoms. The summed E-state index contributed by atoms with van der Waals surface area (Å²) in [6, 6.07) is 14.3. The van der Waals surface area contributed by atoms with Gasteiger partial charge >= 0.3 is 0 Å². The number of sulfone groups is 1. The van der Waals surface area contributed by atoms with Crippen LogP contribution in [0.25, 0.3) is 22.2 Å². The van der Waals surface area contributed by atoms with Crippen molar-refractivity contribution in [2.24, 2.45) is 0 Å². The first-order chi connectivity index (χ1) is 19.7. The molecule has 0 saturated carbocycles. The average Bonchev–Trinajstić information content (AvgIpc) is 2.97. The van der Waals surface area contributed by atoms with Crippen LogP contribution in [0.2, 0.25) is 5.02 Å². The summed E-state index contributed by atoms with van der Waals surface area (Å²) in [4.78, 5) is 27.5. The SMILES string of the molecule is CCn1c(=O)c(-c2ccc(S(=O)(=O)CCOC)cc2Cl)cc2cnc(Nc3ccc(N4CCN(C)CC4)cc3)nc21. The summed E-state index contributed by atoms with van der Waals surface area (Å²) in [5.41, 5.74) is 3.01. The van der Waals surface area contributed by atoms with E-state index >= 15 is 0 Å². The molecule has 3 heterocycles. The van der Waals surface area contributed by atoms with E-state index in [0.717, 1.165) is 31.9 Å². The monoisotopic (exact) mass is 596 g/mol. The van der Waals surface area contributed by atoms with Crippen molar-refractivity contribution >= 4 is 49.8 Å². The Morgan fingerprint density at radius 2 is 1.76 bits per heavy atom. The van der Waals surface area contributed by atoms with Gasteiger partial charge in [0.1, 0.15) is 5.65 Å². The molecule has 0 atom stereocenters. The number of benzene rings is 2. The van der Waals surface area contributed by atoms with Gasteiger partial charge in [0, 0.05) is 78.9 Å². The van der Waals surface area contributed by atoms with Crippen LogP contribution in [-0.4, -0.2) is 80.5 Å². The van der Waals surface area contributed by atoms with E-state index in [9.17, 15) is 13.2 Å².